The molecular weight excluding hydrogens is 187 g/mol. The highest BCUT2D eigenvalue weighted by Gasteiger charge is 2.43. The lowest BCUT2D eigenvalue weighted by molar-refractivity contribution is -0.175. The van der Waals surface area contributed by atoms with Gasteiger partial charge in [0.2, 0.25) is 0 Å². The van der Waals surface area contributed by atoms with Gasteiger partial charge in [-0.1, -0.05) is 0 Å². The summed E-state index contributed by atoms with van der Waals surface area (Å²) in [6.07, 6.45) is -1.64. The highest BCUT2D eigenvalue weighted by molar-refractivity contribution is 5.32. The molecule has 1 aromatic heterocycles. The number of pyridine rings is 1. The molecule has 0 saturated carbocycles. The van der Waals surface area contributed by atoms with Crippen molar-refractivity contribution in [3.63, 3.8) is 0 Å². The Balaban J connectivity index is 3.14. The van der Waals surface area contributed by atoms with Crippen LogP contribution < -0.4 is 0 Å². The van der Waals surface area contributed by atoms with Crippen molar-refractivity contribution >= 4 is 0 Å². The van der Waals surface area contributed by atoms with Gasteiger partial charge in [0, 0.05) is 6.20 Å². The Kier molecular flexibility index (Phi) is 2.42. The van der Waals surface area contributed by atoms with E-state index in [4.69, 9.17) is 10.2 Å². The lowest BCUT2D eigenvalue weighted by atomic mass is 10.1. The summed E-state index contributed by atoms with van der Waals surface area (Å²) in [5, 5.41) is 17.0. The Bertz CT molecular complexity index is 304. The molecule has 3 nitrogen and oxygen atoms in total. The van der Waals surface area contributed by atoms with Crippen LogP contribution in [0.5, 0.6) is 5.75 Å². The highest BCUT2D eigenvalue weighted by atomic mass is 19.3. The van der Waals surface area contributed by atoms with Crippen molar-refractivity contribution in [1.29, 1.82) is 0 Å². The predicted molar refractivity (Wildman–Crippen MR) is 36.9 cm³/mol. The first-order valence-corrected chi connectivity index (χ1v) is 3.29. The molecule has 0 aliphatic heterocycles. The Morgan fingerprint density at radius 3 is 2.54 bits per heavy atom. The average Bonchev–Trinajstić information content (AvgIpc) is 2.04. The molecule has 0 fully saturated rings. The Morgan fingerprint density at radius 2 is 2.08 bits per heavy atom. The maximum Gasteiger partial charge on any atom is 0.331 e. The van der Waals surface area contributed by atoms with Crippen LogP contribution in [0.2, 0.25) is 0 Å². The molecular formula is C7H6F3NO2. The smallest absolute Gasteiger partial charge is 0.331 e. The van der Waals surface area contributed by atoms with E-state index in [1.165, 1.54) is 0 Å². The van der Waals surface area contributed by atoms with Gasteiger partial charge in [-0.2, -0.15) is 8.78 Å². The number of alkyl halides is 3. The lowest BCUT2D eigenvalue weighted by Gasteiger charge is -2.17. The third kappa shape index (κ3) is 1.72. The average molecular weight is 193 g/mol. The molecule has 0 spiro atoms. The monoisotopic (exact) mass is 193 g/mol. The van der Waals surface area contributed by atoms with Crippen LogP contribution in [-0.2, 0) is 5.92 Å². The first-order valence-electron chi connectivity index (χ1n) is 3.29. The second kappa shape index (κ2) is 3.21. The van der Waals surface area contributed by atoms with E-state index in [1.807, 2.05) is 0 Å². The number of rotatable bonds is 2. The standard InChI is InChI=1S/C7H6F3NO2/c8-6(13)7(9,10)4-1-2-11-3-5(4)12/h1-3,6,12-13H. The van der Waals surface area contributed by atoms with Crippen molar-refractivity contribution in [3.8, 4) is 5.75 Å². The summed E-state index contributed by atoms with van der Waals surface area (Å²) in [6.45, 7) is 0. The van der Waals surface area contributed by atoms with Gasteiger partial charge in [-0.05, 0) is 6.07 Å². The maximum atomic E-state index is 12.7. The van der Waals surface area contributed by atoms with Crippen LogP contribution in [0.25, 0.3) is 0 Å². The van der Waals surface area contributed by atoms with E-state index >= 15 is 0 Å². The van der Waals surface area contributed by atoms with E-state index < -0.39 is 23.6 Å². The van der Waals surface area contributed by atoms with Gasteiger partial charge in [-0.3, -0.25) is 4.98 Å². The molecule has 1 atom stereocenters. The Labute approximate surface area is 71.5 Å². The normalized spacial score (nSPS) is 14.2. The van der Waals surface area contributed by atoms with Gasteiger partial charge >= 0.3 is 5.92 Å². The zero-order valence-electron chi connectivity index (χ0n) is 6.28. The second-order valence-electron chi connectivity index (χ2n) is 2.35. The summed E-state index contributed by atoms with van der Waals surface area (Å²) in [6, 6.07) is 0.734. The van der Waals surface area contributed by atoms with Gasteiger partial charge in [0.25, 0.3) is 6.36 Å². The molecule has 1 aromatic rings. The van der Waals surface area contributed by atoms with Crippen LogP contribution in [-0.4, -0.2) is 21.6 Å². The molecule has 72 valence electrons. The number of aliphatic hydroxyl groups excluding tert-OH is 1. The summed E-state index contributed by atoms with van der Waals surface area (Å²) in [4.78, 5) is 3.33. The number of halogens is 3. The van der Waals surface area contributed by atoms with Crippen LogP contribution in [0.1, 0.15) is 5.56 Å². The fourth-order valence-electron chi connectivity index (χ4n) is 0.796. The molecule has 0 bridgehead atoms. The highest BCUT2D eigenvalue weighted by Crippen LogP contribution is 2.36. The summed E-state index contributed by atoms with van der Waals surface area (Å²) in [5.74, 6) is -4.98. The molecule has 0 aliphatic rings. The van der Waals surface area contributed by atoms with E-state index in [-0.39, 0.29) is 0 Å². The maximum absolute atomic E-state index is 12.7. The molecule has 2 N–H and O–H groups in total. The van der Waals surface area contributed by atoms with Crippen molar-refractivity contribution in [1.82, 2.24) is 4.98 Å². The SMILES string of the molecule is Oc1cnccc1C(F)(F)C(O)F. The van der Waals surface area contributed by atoms with Crippen molar-refractivity contribution in [3.05, 3.63) is 24.0 Å². The van der Waals surface area contributed by atoms with Crippen molar-refractivity contribution < 1.29 is 23.4 Å². The van der Waals surface area contributed by atoms with Crippen molar-refractivity contribution in [2.24, 2.45) is 0 Å². The number of aliphatic hydroxyl groups is 1. The van der Waals surface area contributed by atoms with Crippen LogP contribution >= 0.6 is 0 Å². The van der Waals surface area contributed by atoms with Gasteiger partial charge < -0.3 is 10.2 Å². The van der Waals surface area contributed by atoms with Gasteiger partial charge in [0.15, 0.2) is 0 Å². The number of aromatic hydroxyl groups is 1. The summed E-state index contributed by atoms with van der Waals surface area (Å²) < 4.78 is 37.5. The number of hydrogen-bond acceptors (Lipinski definition) is 3. The van der Waals surface area contributed by atoms with Gasteiger partial charge in [-0.15, -0.1) is 0 Å². The third-order valence-corrected chi connectivity index (χ3v) is 1.46. The predicted octanol–water partition coefficient (Wildman–Crippen LogP) is 1.17. The number of aromatic nitrogens is 1. The summed E-state index contributed by atoms with van der Waals surface area (Å²) >= 11 is 0. The molecule has 1 rings (SSSR count). The molecule has 13 heavy (non-hydrogen) atoms. The van der Waals surface area contributed by atoms with Crippen LogP contribution in [0.3, 0.4) is 0 Å². The fraction of sp³-hybridized carbons (Fsp3) is 0.286. The molecule has 1 heterocycles. The minimum absolute atomic E-state index is 0.734. The van der Waals surface area contributed by atoms with Gasteiger partial charge in [0.05, 0.1) is 11.8 Å². The van der Waals surface area contributed by atoms with Gasteiger partial charge in [0.1, 0.15) is 5.75 Å². The topological polar surface area (TPSA) is 53.4 Å². The number of nitrogens with zero attached hydrogens (tertiary/aromatic N) is 1. The van der Waals surface area contributed by atoms with Crippen LogP contribution in [0.15, 0.2) is 18.5 Å². The molecule has 0 aliphatic carbocycles. The Hall–Kier alpha value is -1.30. The first-order chi connectivity index (χ1) is 5.96. The zero-order valence-corrected chi connectivity index (χ0v) is 6.28. The molecule has 0 amide bonds. The van der Waals surface area contributed by atoms with Crippen LogP contribution in [0, 0.1) is 0 Å². The van der Waals surface area contributed by atoms with Crippen molar-refractivity contribution in [2.45, 2.75) is 12.3 Å². The lowest BCUT2D eigenvalue weighted by Crippen LogP contribution is -2.26. The van der Waals surface area contributed by atoms with E-state index in [0.29, 0.717) is 0 Å². The van der Waals surface area contributed by atoms with E-state index in [0.717, 1.165) is 18.5 Å². The minimum atomic E-state index is -4.12. The summed E-state index contributed by atoms with van der Waals surface area (Å²) in [7, 11) is 0. The van der Waals surface area contributed by atoms with Gasteiger partial charge in [-0.25, -0.2) is 4.39 Å². The van der Waals surface area contributed by atoms with E-state index in [2.05, 4.69) is 4.98 Å². The molecule has 0 saturated heterocycles. The molecule has 0 aromatic carbocycles. The van der Waals surface area contributed by atoms with E-state index in [9.17, 15) is 13.2 Å². The second-order valence-corrected chi connectivity index (χ2v) is 2.35. The number of hydrogen-bond donors (Lipinski definition) is 2. The first kappa shape index (κ1) is 9.79. The minimum Gasteiger partial charge on any atom is -0.506 e. The largest absolute Gasteiger partial charge is 0.506 e. The van der Waals surface area contributed by atoms with E-state index in [1.54, 1.807) is 0 Å². The summed E-state index contributed by atoms with van der Waals surface area (Å²) in [5.41, 5.74) is -0.988. The fourth-order valence-corrected chi connectivity index (χ4v) is 0.796. The molecule has 0 radical (unpaired) electrons. The molecule has 1 unspecified atom stereocenters. The zero-order chi connectivity index (χ0) is 10.1. The quantitative estimate of drug-likeness (QED) is 0.741. The van der Waals surface area contributed by atoms with Crippen molar-refractivity contribution in [2.75, 3.05) is 0 Å². The Morgan fingerprint density at radius 1 is 1.46 bits per heavy atom. The van der Waals surface area contributed by atoms with Crippen LogP contribution in [0.4, 0.5) is 13.2 Å². The molecule has 6 heteroatoms. The third-order valence-electron chi connectivity index (χ3n) is 1.46.